The van der Waals surface area contributed by atoms with Crippen molar-refractivity contribution < 1.29 is 22.0 Å². The van der Waals surface area contributed by atoms with Gasteiger partial charge in [-0.1, -0.05) is 6.07 Å². The van der Waals surface area contributed by atoms with Gasteiger partial charge in [-0.15, -0.1) is 0 Å². The number of hydrogen-bond acceptors (Lipinski definition) is 5. The monoisotopic (exact) mass is 361 g/mol. The molecule has 0 radical (unpaired) electrons. The fourth-order valence-corrected chi connectivity index (χ4v) is 1.87. The van der Waals surface area contributed by atoms with Crippen LogP contribution in [0.4, 0.5) is 39.4 Å². The van der Waals surface area contributed by atoms with Gasteiger partial charge in [0.05, 0.1) is 0 Å². The molecular formula is C15H16F5N5. The van der Waals surface area contributed by atoms with Crippen LogP contribution >= 0.6 is 0 Å². The highest BCUT2D eigenvalue weighted by molar-refractivity contribution is 5.59. The molecule has 0 unspecified atom stereocenters. The molecule has 1 aromatic heterocycles. The number of benzene rings is 1. The highest BCUT2D eigenvalue weighted by Crippen LogP contribution is 2.31. The molecule has 5 nitrogen and oxygen atoms in total. The SMILES string of the molecule is CN(C)CCNc1nc(Nc2c(F)cccc2F)cc(C(F)(F)F)n1. The molecule has 0 aliphatic rings. The predicted molar refractivity (Wildman–Crippen MR) is 83.7 cm³/mol. The lowest BCUT2D eigenvalue weighted by Gasteiger charge is -2.14. The first kappa shape index (κ1) is 18.8. The summed E-state index contributed by atoms with van der Waals surface area (Å²) in [6.45, 7) is 0.826. The molecule has 0 aliphatic carbocycles. The van der Waals surface area contributed by atoms with Crippen LogP contribution in [0.15, 0.2) is 24.3 Å². The highest BCUT2D eigenvalue weighted by atomic mass is 19.4. The summed E-state index contributed by atoms with van der Waals surface area (Å²) in [7, 11) is 3.59. The molecule has 0 saturated carbocycles. The van der Waals surface area contributed by atoms with Crippen LogP contribution in [0.2, 0.25) is 0 Å². The summed E-state index contributed by atoms with van der Waals surface area (Å²) in [5.74, 6) is -2.57. The molecule has 2 N–H and O–H groups in total. The highest BCUT2D eigenvalue weighted by Gasteiger charge is 2.34. The third-order valence-electron chi connectivity index (χ3n) is 3.07. The molecular weight excluding hydrogens is 345 g/mol. The van der Waals surface area contributed by atoms with E-state index in [4.69, 9.17) is 0 Å². The van der Waals surface area contributed by atoms with E-state index in [0.29, 0.717) is 19.2 Å². The number of halogens is 5. The van der Waals surface area contributed by atoms with Gasteiger partial charge in [0.1, 0.15) is 23.1 Å². The van der Waals surface area contributed by atoms with Gasteiger partial charge in [-0.3, -0.25) is 0 Å². The van der Waals surface area contributed by atoms with E-state index in [2.05, 4.69) is 20.6 Å². The van der Waals surface area contributed by atoms with E-state index in [1.165, 1.54) is 0 Å². The number of anilines is 3. The van der Waals surface area contributed by atoms with E-state index in [1.807, 2.05) is 4.90 Å². The largest absolute Gasteiger partial charge is 0.433 e. The average molecular weight is 361 g/mol. The van der Waals surface area contributed by atoms with Crippen LogP contribution in [-0.2, 0) is 6.18 Å². The van der Waals surface area contributed by atoms with Crippen LogP contribution < -0.4 is 10.6 Å². The molecule has 0 amide bonds. The molecule has 0 saturated heterocycles. The number of rotatable bonds is 6. The molecule has 0 spiro atoms. The van der Waals surface area contributed by atoms with Crippen molar-refractivity contribution in [3.8, 4) is 0 Å². The fraction of sp³-hybridized carbons (Fsp3) is 0.333. The maximum atomic E-state index is 13.7. The second-order valence-electron chi connectivity index (χ2n) is 5.41. The quantitative estimate of drug-likeness (QED) is 0.772. The molecule has 1 heterocycles. The first-order valence-corrected chi connectivity index (χ1v) is 7.22. The summed E-state index contributed by atoms with van der Waals surface area (Å²) in [5.41, 5.74) is -1.82. The van der Waals surface area contributed by atoms with Crippen LogP contribution in [0.3, 0.4) is 0 Å². The first-order valence-electron chi connectivity index (χ1n) is 7.22. The van der Waals surface area contributed by atoms with Crippen molar-refractivity contribution in [3.05, 3.63) is 41.6 Å². The molecule has 1 aromatic carbocycles. The van der Waals surface area contributed by atoms with Crippen molar-refractivity contribution in [3.63, 3.8) is 0 Å². The van der Waals surface area contributed by atoms with Crippen molar-refractivity contribution in [2.75, 3.05) is 37.8 Å². The zero-order valence-corrected chi connectivity index (χ0v) is 13.5. The fourth-order valence-electron chi connectivity index (χ4n) is 1.87. The van der Waals surface area contributed by atoms with Crippen molar-refractivity contribution in [2.24, 2.45) is 0 Å². The minimum Gasteiger partial charge on any atom is -0.353 e. The molecule has 0 bridgehead atoms. The van der Waals surface area contributed by atoms with Gasteiger partial charge >= 0.3 is 6.18 Å². The summed E-state index contributed by atoms with van der Waals surface area (Å²) < 4.78 is 66.3. The Morgan fingerprint density at radius 1 is 1.08 bits per heavy atom. The summed E-state index contributed by atoms with van der Waals surface area (Å²) in [4.78, 5) is 9.04. The van der Waals surface area contributed by atoms with Gasteiger partial charge < -0.3 is 15.5 Å². The number of aromatic nitrogens is 2. The third-order valence-corrected chi connectivity index (χ3v) is 3.07. The molecule has 2 rings (SSSR count). The number of hydrogen-bond donors (Lipinski definition) is 2. The lowest BCUT2D eigenvalue weighted by Crippen LogP contribution is -2.22. The standard InChI is InChI=1S/C15H16F5N5/c1-25(2)7-6-21-14-22-11(15(18,19)20)8-12(24-14)23-13-9(16)4-3-5-10(13)17/h3-5,8H,6-7H2,1-2H3,(H2,21,22,23,24). The van der Waals surface area contributed by atoms with Crippen molar-refractivity contribution >= 4 is 17.5 Å². The van der Waals surface area contributed by atoms with Crippen LogP contribution in [-0.4, -0.2) is 42.1 Å². The molecule has 10 heteroatoms. The third kappa shape index (κ3) is 5.24. The Labute approximate surface area is 140 Å². The topological polar surface area (TPSA) is 53.1 Å². The molecule has 25 heavy (non-hydrogen) atoms. The summed E-state index contributed by atoms with van der Waals surface area (Å²) >= 11 is 0. The van der Waals surface area contributed by atoms with Gasteiger partial charge in [-0.25, -0.2) is 13.8 Å². The molecule has 0 atom stereocenters. The number of nitrogens with zero attached hydrogens (tertiary/aromatic N) is 3. The maximum absolute atomic E-state index is 13.7. The Kier molecular flexibility index (Phi) is 5.73. The van der Waals surface area contributed by atoms with Gasteiger partial charge in [0, 0.05) is 19.2 Å². The number of alkyl halides is 3. The van der Waals surface area contributed by atoms with E-state index in [1.54, 1.807) is 14.1 Å². The first-order chi connectivity index (χ1) is 11.7. The Hall–Kier alpha value is -2.49. The normalized spacial score (nSPS) is 11.7. The second kappa shape index (κ2) is 7.60. The van der Waals surface area contributed by atoms with Gasteiger partial charge in [0.15, 0.2) is 5.69 Å². The number of nitrogens with one attached hydrogen (secondary N) is 2. The van der Waals surface area contributed by atoms with Crippen LogP contribution in [0.5, 0.6) is 0 Å². The Bertz CT molecular complexity index is 712. The molecule has 2 aromatic rings. The second-order valence-corrected chi connectivity index (χ2v) is 5.41. The van der Waals surface area contributed by atoms with Crippen molar-refractivity contribution in [1.29, 1.82) is 0 Å². The molecule has 0 aliphatic heterocycles. The molecule has 0 fully saturated rings. The summed E-state index contributed by atoms with van der Waals surface area (Å²) in [6, 6.07) is 3.69. The van der Waals surface area contributed by atoms with Crippen LogP contribution in [0, 0.1) is 11.6 Å². The van der Waals surface area contributed by atoms with Crippen LogP contribution in [0.1, 0.15) is 5.69 Å². The van der Waals surface area contributed by atoms with Crippen molar-refractivity contribution in [2.45, 2.75) is 6.18 Å². The van der Waals surface area contributed by atoms with E-state index in [9.17, 15) is 22.0 Å². The smallest absolute Gasteiger partial charge is 0.353 e. The van der Waals surface area contributed by atoms with Crippen LogP contribution in [0.25, 0.3) is 0 Å². The predicted octanol–water partition coefficient (Wildman–Crippen LogP) is 3.49. The Morgan fingerprint density at radius 3 is 2.28 bits per heavy atom. The lowest BCUT2D eigenvalue weighted by molar-refractivity contribution is -0.141. The summed E-state index contributed by atoms with van der Waals surface area (Å²) in [6.07, 6.45) is -4.73. The van der Waals surface area contributed by atoms with E-state index >= 15 is 0 Å². The van der Waals surface area contributed by atoms with Crippen molar-refractivity contribution in [1.82, 2.24) is 14.9 Å². The zero-order valence-electron chi connectivity index (χ0n) is 13.5. The minimum absolute atomic E-state index is 0.293. The lowest BCUT2D eigenvalue weighted by atomic mass is 10.3. The molecule has 136 valence electrons. The van der Waals surface area contributed by atoms with E-state index < -0.39 is 29.2 Å². The summed E-state index contributed by atoms with van der Waals surface area (Å²) in [5, 5.41) is 4.89. The Morgan fingerprint density at radius 2 is 1.72 bits per heavy atom. The number of para-hydroxylation sites is 1. The van der Waals surface area contributed by atoms with E-state index in [-0.39, 0.29) is 11.8 Å². The average Bonchev–Trinajstić information content (AvgIpc) is 2.50. The minimum atomic E-state index is -4.73. The Balaban J connectivity index is 2.33. The number of likely N-dealkylation sites (N-methyl/N-ethyl adjacent to an activating group) is 1. The maximum Gasteiger partial charge on any atom is 0.433 e. The van der Waals surface area contributed by atoms with Gasteiger partial charge in [-0.05, 0) is 26.2 Å². The van der Waals surface area contributed by atoms with Gasteiger partial charge in [0.2, 0.25) is 5.95 Å². The van der Waals surface area contributed by atoms with Gasteiger partial charge in [-0.2, -0.15) is 18.2 Å². The van der Waals surface area contributed by atoms with E-state index in [0.717, 1.165) is 18.2 Å². The zero-order chi connectivity index (χ0) is 18.6. The van der Waals surface area contributed by atoms with Gasteiger partial charge in [0.25, 0.3) is 0 Å².